The lowest BCUT2D eigenvalue weighted by atomic mass is 9.81. The highest BCUT2D eigenvalue weighted by Gasteiger charge is 2.33. The van der Waals surface area contributed by atoms with Crippen LogP contribution < -0.4 is 4.74 Å². The van der Waals surface area contributed by atoms with E-state index in [-0.39, 0.29) is 10.7 Å². The average molecular weight is 332 g/mol. The molecule has 0 amide bonds. The molecule has 0 bridgehead atoms. The van der Waals surface area contributed by atoms with Gasteiger partial charge in [-0.15, -0.1) is 0 Å². The normalized spacial score (nSPS) is 12.0. The molecule has 2 aromatic carbocycles. The van der Waals surface area contributed by atoms with Gasteiger partial charge in [0.15, 0.2) is 15.6 Å². The van der Waals surface area contributed by atoms with Gasteiger partial charge in [0.05, 0.1) is 12.0 Å². The van der Waals surface area contributed by atoms with Crippen molar-refractivity contribution in [2.24, 2.45) is 0 Å². The van der Waals surface area contributed by atoms with E-state index in [1.165, 1.54) is 19.2 Å². The summed E-state index contributed by atoms with van der Waals surface area (Å²) in [6, 6.07) is 15.2. The maximum atomic E-state index is 12.6. The fourth-order valence-corrected chi connectivity index (χ4v) is 3.66. The second-order valence-electron chi connectivity index (χ2n) is 5.85. The summed E-state index contributed by atoms with van der Waals surface area (Å²) in [6.45, 7) is 3.49. The molecule has 0 spiro atoms. The number of ketones is 1. The summed E-state index contributed by atoms with van der Waals surface area (Å²) >= 11 is 0. The molecular weight excluding hydrogens is 312 g/mol. The molecule has 122 valence electrons. The first-order chi connectivity index (χ1) is 10.8. The largest absolute Gasteiger partial charge is 0.497 e. The number of sulfone groups is 1. The summed E-state index contributed by atoms with van der Waals surface area (Å²) < 4.78 is 29.9. The van der Waals surface area contributed by atoms with E-state index >= 15 is 0 Å². The molecule has 0 aromatic heterocycles. The van der Waals surface area contributed by atoms with Crippen LogP contribution in [0, 0.1) is 0 Å². The molecule has 0 radical (unpaired) electrons. The highest BCUT2D eigenvalue weighted by Crippen LogP contribution is 2.26. The van der Waals surface area contributed by atoms with E-state index in [4.69, 9.17) is 4.74 Å². The third-order valence-electron chi connectivity index (χ3n) is 3.93. The van der Waals surface area contributed by atoms with Gasteiger partial charge in [0.25, 0.3) is 0 Å². The van der Waals surface area contributed by atoms with Gasteiger partial charge in [-0.25, -0.2) is 8.42 Å². The number of rotatable bonds is 6. The summed E-state index contributed by atoms with van der Waals surface area (Å²) in [4.78, 5) is 12.7. The Bertz CT molecular complexity index is 776. The molecular formula is C18H20O4S. The third kappa shape index (κ3) is 3.79. The van der Waals surface area contributed by atoms with Gasteiger partial charge in [-0.05, 0) is 43.7 Å². The highest BCUT2D eigenvalue weighted by atomic mass is 32.2. The zero-order chi connectivity index (χ0) is 17.1. The van der Waals surface area contributed by atoms with Gasteiger partial charge in [0.2, 0.25) is 0 Å². The van der Waals surface area contributed by atoms with Crippen LogP contribution in [-0.4, -0.2) is 27.1 Å². The number of hydrogen-bond donors (Lipinski definition) is 0. The maximum Gasteiger partial charge on any atom is 0.185 e. The lowest BCUT2D eigenvalue weighted by Crippen LogP contribution is -2.34. The number of hydrogen-bond acceptors (Lipinski definition) is 4. The van der Waals surface area contributed by atoms with E-state index in [0.717, 1.165) is 5.56 Å². The number of benzene rings is 2. The number of carbonyl (C=O) groups excluding carboxylic acids is 1. The SMILES string of the molecule is COc1ccc(S(=O)(=O)CC(=O)C(C)(C)c2ccccc2)cc1. The fraction of sp³-hybridized carbons (Fsp3) is 0.278. The molecule has 4 nitrogen and oxygen atoms in total. The molecule has 0 saturated carbocycles. The molecule has 0 aliphatic carbocycles. The van der Waals surface area contributed by atoms with Crippen LogP contribution in [0.4, 0.5) is 0 Å². The number of methoxy groups -OCH3 is 1. The first kappa shape index (κ1) is 17.2. The monoisotopic (exact) mass is 332 g/mol. The topological polar surface area (TPSA) is 60.4 Å². The molecule has 0 N–H and O–H groups in total. The van der Waals surface area contributed by atoms with Gasteiger partial charge in [-0.2, -0.15) is 0 Å². The highest BCUT2D eigenvalue weighted by molar-refractivity contribution is 7.92. The third-order valence-corrected chi connectivity index (χ3v) is 5.56. The summed E-state index contributed by atoms with van der Waals surface area (Å²) in [6.07, 6.45) is 0. The first-order valence-electron chi connectivity index (χ1n) is 7.23. The van der Waals surface area contributed by atoms with Crippen molar-refractivity contribution in [3.05, 3.63) is 60.2 Å². The van der Waals surface area contributed by atoms with E-state index < -0.39 is 21.0 Å². The van der Waals surface area contributed by atoms with E-state index in [2.05, 4.69) is 0 Å². The summed E-state index contributed by atoms with van der Waals surface area (Å²) in [5, 5.41) is 0. The molecule has 0 aliphatic heterocycles. The summed E-state index contributed by atoms with van der Waals surface area (Å²) in [5.41, 5.74) is -0.0595. The van der Waals surface area contributed by atoms with Crippen LogP contribution in [0.1, 0.15) is 19.4 Å². The summed E-state index contributed by atoms with van der Waals surface area (Å²) in [7, 11) is -2.17. The molecule has 0 saturated heterocycles. The molecule has 5 heteroatoms. The van der Waals surface area contributed by atoms with Crippen LogP contribution in [0.2, 0.25) is 0 Å². The van der Waals surface area contributed by atoms with Gasteiger partial charge in [0.1, 0.15) is 11.5 Å². The first-order valence-corrected chi connectivity index (χ1v) is 8.88. The Morgan fingerprint density at radius 1 is 1.00 bits per heavy atom. The lowest BCUT2D eigenvalue weighted by Gasteiger charge is -2.23. The van der Waals surface area contributed by atoms with Crippen molar-refractivity contribution in [3.63, 3.8) is 0 Å². The van der Waals surface area contributed by atoms with Crippen LogP contribution in [0.15, 0.2) is 59.5 Å². The van der Waals surface area contributed by atoms with Crippen molar-refractivity contribution in [1.29, 1.82) is 0 Å². The Morgan fingerprint density at radius 2 is 1.57 bits per heavy atom. The fourth-order valence-electron chi connectivity index (χ4n) is 2.24. The molecule has 23 heavy (non-hydrogen) atoms. The van der Waals surface area contributed by atoms with Crippen molar-refractivity contribution >= 4 is 15.6 Å². The van der Waals surface area contributed by atoms with Crippen molar-refractivity contribution in [3.8, 4) is 5.75 Å². The number of Topliss-reactive ketones (excluding diaryl/α,β-unsaturated/α-hetero) is 1. The van der Waals surface area contributed by atoms with E-state index in [1.807, 2.05) is 30.3 Å². The van der Waals surface area contributed by atoms with Crippen molar-refractivity contribution in [2.75, 3.05) is 12.9 Å². The van der Waals surface area contributed by atoms with Gasteiger partial charge in [-0.1, -0.05) is 30.3 Å². The van der Waals surface area contributed by atoms with Crippen LogP contribution >= 0.6 is 0 Å². The van der Waals surface area contributed by atoms with E-state index in [0.29, 0.717) is 5.75 Å². The molecule has 0 aliphatic rings. The lowest BCUT2D eigenvalue weighted by molar-refractivity contribution is -0.121. The minimum absolute atomic E-state index is 0.121. The smallest absolute Gasteiger partial charge is 0.185 e. The van der Waals surface area contributed by atoms with Crippen molar-refractivity contribution in [1.82, 2.24) is 0 Å². The second kappa shape index (κ2) is 6.54. The van der Waals surface area contributed by atoms with Crippen LogP contribution in [-0.2, 0) is 20.0 Å². The zero-order valence-corrected chi connectivity index (χ0v) is 14.3. The zero-order valence-electron chi connectivity index (χ0n) is 13.4. The quantitative estimate of drug-likeness (QED) is 0.816. The Kier molecular flexibility index (Phi) is 4.90. The molecule has 2 rings (SSSR count). The molecule has 0 atom stereocenters. The predicted octanol–water partition coefficient (Wildman–Crippen LogP) is 3.02. The van der Waals surface area contributed by atoms with Crippen LogP contribution in [0.5, 0.6) is 5.75 Å². The Morgan fingerprint density at radius 3 is 2.09 bits per heavy atom. The Balaban J connectivity index is 2.24. The van der Waals surface area contributed by atoms with E-state index in [9.17, 15) is 13.2 Å². The van der Waals surface area contributed by atoms with Gasteiger partial charge >= 0.3 is 0 Å². The minimum Gasteiger partial charge on any atom is -0.497 e. The molecule has 0 heterocycles. The molecule has 2 aromatic rings. The molecule has 0 fully saturated rings. The Labute approximate surface area is 137 Å². The predicted molar refractivity (Wildman–Crippen MR) is 89.5 cm³/mol. The standard InChI is InChI=1S/C18H20O4S/c1-18(2,14-7-5-4-6-8-14)17(19)13-23(20,21)16-11-9-15(22-3)10-12-16/h4-12H,13H2,1-3H3. The molecule has 0 unspecified atom stereocenters. The second-order valence-corrected chi connectivity index (χ2v) is 7.84. The van der Waals surface area contributed by atoms with E-state index in [1.54, 1.807) is 26.0 Å². The van der Waals surface area contributed by atoms with Crippen molar-refractivity contribution < 1.29 is 17.9 Å². The maximum absolute atomic E-state index is 12.6. The summed E-state index contributed by atoms with van der Waals surface area (Å²) in [5.74, 6) is -0.291. The van der Waals surface area contributed by atoms with Gasteiger partial charge in [-0.3, -0.25) is 4.79 Å². The van der Waals surface area contributed by atoms with Crippen molar-refractivity contribution in [2.45, 2.75) is 24.2 Å². The van der Waals surface area contributed by atoms with Gasteiger partial charge in [0, 0.05) is 5.41 Å². The number of ether oxygens (including phenoxy) is 1. The van der Waals surface area contributed by atoms with Crippen LogP contribution in [0.25, 0.3) is 0 Å². The minimum atomic E-state index is -3.68. The Hall–Kier alpha value is -2.14. The van der Waals surface area contributed by atoms with Crippen LogP contribution in [0.3, 0.4) is 0 Å². The number of carbonyl (C=O) groups is 1. The average Bonchev–Trinajstić information content (AvgIpc) is 2.55. The van der Waals surface area contributed by atoms with Gasteiger partial charge < -0.3 is 4.74 Å².